The summed E-state index contributed by atoms with van der Waals surface area (Å²) in [6.45, 7) is 2.01. The lowest BCUT2D eigenvalue weighted by molar-refractivity contribution is -0.137. The van der Waals surface area contributed by atoms with Gasteiger partial charge >= 0.3 is 12.0 Å². The van der Waals surface area contributed by atoms with E-state index in [0.717, 1.165) is 32.2 Å². The summed E-state index contributed by atoms with van der Waals surface area (Å²) in [7, 11) is 0. The zero-order valence-corrected chi connectivity index (χ0v) is 11.8. The second-order valence-electron chi connectivity index (χ2n) is 5.91. The summed E-state index contributed by atoms with van der Waals surface area (Å²) in [5, 5.41) is 21.2. The lowest BCUT2D eigenvalue weighted by atomic mass is 10.00. The van der Waals surface area contributed by atoms with Crippen LogP contribution in [-0.2, 0) is 4.79 Å². The summed E-state index contributed by atoms with van der Waals surface area (Å²) >= 11 is 0. The van der Waals surface area contributed by atoms with Crippen molar-refractivity contribution < 1.29 is 19.8 Å². The highest BCUT2D eigenvalue weighted by Gasteiger charge is 2.43. The number of carboxylic acid groups (broad SMARTS) is 1. The number of carbonyl (C=O) groups excluding carboxylic acids is 1. The summed E-state index contributed by atoms with van der Waals surface area (Å²) in [6.07, 6.45) is 4.12. The van der Waals surface area contributed by atoms with E-state index in [1.807, 2.05) is 0 Å². The zero-order chi connectivity index (χ0) is 14.5. The minimum atomic E-state index is -0.767. The van der Waals surface area contributed by atoms with Crippen LogP contribution in [0.1, 0.15) is 38.5 Å². The first-order chi connectivity index (χ1) is 9.58. The molecule has 6 nitrogen and oxygen atoms in total. The van der Waals surface area contributed by atoms with E-state index in [1.165, 1.54) is 0 Å². The average molecular weight is 284 g/mol. The summed E-state index contributed by atoms with van der Waals surface area (Å²) in [6, 6.07) is -0.0511. The molecule has 1 saturated heterocycles. The zero-order valence-electron chi connectivity index (χ0n) is 11.8. The molecule has 1 aliphatic heterocycles. The number of aliphatic hydroxyl groups is 1. The minimum Gasteiger partial charge on any atom is -0.481 e. The van der Waals surface area contributed by atoms with Gasteiger partial charge in [0, 0.05) is 32.0 Å². The second kappa shape index (κ2) is 6.92. The van der Waals surface area contributed by atoms with Gasteiger partial charge in [0.2, 0.25) is 0 Å². The number of unbranched alkanes of at least 4 members (excludes halogenated alkanes) is 2. The molecule has 3 atom stereocenters. The van der Waals surface area contributed by atoms with E-state index in [4.69, 9.17) is 5.11 Å². The Balaban J connectivity index is 1.58. The number of nitrogens with one attached hydrogen (secondary N) is 1. The molecule has 1 aliphatic carbocycles. The largest absolute Gasteiger partial charge is 0.481 e. The maximum absolute atomic E-state index is 12.0. The van der Waals surface area contributed by atoms with E-state index in [2.05, 4.69) is 5.32 Å². The van der Waals surface area contributed by atoms with Crippen molar-refractivity contribution in [1.82, 2.24) is 10.2 Å². The smallest absolute Gasteiger partial charge is 0.317 e. The van der Waals surface area contributed by atoms with Gasteiger partial charge in [0.25, 0.3) is 0 Å². The molecule has 114 valence electrons. The Morgan fingerprint density at radius 3 is 2.65 bits per heavy atom. The summed E-state index contributed by atoms with van der Waals surface area (Å²) in [4.78, 5) is 24.1. The van der Waals surface area contributed by atoms with E-state index < -0.39 is 5.97 Å². The van der Waals surface area contributed by atoms with Crippen LogP contribution in [0.5, 0.6) is 0 Å². The van der Waals surface area contributed by atoms with Gasteiger partial charge in [-0.3, -0.25) is 4.79 Å². The fraction of sp³-hybridized carbons (Fsp3) is 0.857. The standard InChI is InChI=1S/C14H24N2O4/c17-12-6-5-10-8-16(9-11(10)12)14(20)15-7-3-1-2-4-13(18)19/h10-12,17H,1-9H2,(H,15,20)(H,18,19). The molecular weight excluding hydrogens is 260 g/mol. The first-order valence-corrected chi connectivity index (χ1v) is 7.50. The van der Waals surface area contributed by atoms with E-state index in [0.29, 0.717) is 25.4 Å². The molecule has 2 aliphatic rings. The molecule has 2 fully saturated rings. The van der Waals surface area contributed by atoms with Gasteiger partial charge in [-0.1, -0.05) is 6.42 Å². The van der Waals surface area contributed by atoms with Crippen molar-refractivity contribution in [2.45, 2.75) is 44.6 Å². The van der Waals surface area contributed by atoms with Gasteiger partial charge in [-0.25, -0.2) is 4.79 Å². The molecule has 0 aromatic carbocycles. The third kappa shape index (κ3) is 3.85. The molecular formula is C14H24N2O4. The van der Waals surface area contributed by atoms with Crippen molar-refractivity contribution in [3.63, 3.8) is 0 Å². The van der Waals surface area contributed by atoms with Crippen LogP contribution in [0.3, 0.4) is 0 Å². The average Bonchev–Trinajstić information content (AvgIpc) is 2.96. The fourth-order valence-electron chi connectivity index (χ4n) is 3.29. The van der Waals surface area contributed by atoms with Crippen LogP contribution < -0.4 is 5.32 Å². The number of carbonyl (C=O) groups is 2. The molecule has 0 aromatic heterocycles. The molecule has 2 rings (SSSR count). The number of hydrogen-bond donors (Lipinski definition) is 3. The van der Waals surface area contributed by atoms with Gasteiger partial charge < -0.3 is 20.4 Å². The molecule has 1 saturated carbocycles. The minimum absolute atomic E-state index is 0.0511. The molecule has 3 unspecified atom stereocenters. The third-order valence-electron chi connectivity index (χ3n) is 4.45. The van der Waals surface area contributed by atoms with Gasteiger partial charge in [-0.05, 0) is 31.6 Å². The predicted octanol–water partition coefficient (Wildman–Crippen LogP) is 1.04. The SMILES string of the molecule is O=C(O)CCCCCNC(=O)N1CC2CCC(O)C2C1. The highest BCUT2D eigenvalue weighted by Crippen LogP contribution is 2.37. The van der Waals surface area contributed by atoms with Crippen LogP contribution in [0, 0.1) is 11.8 Å². The monoisotopic (exact) mass is 284 g/mol. The Morgan fingerprint density at radius 2 is 1.95 bits per heavy atom. The Morgan fingerprint density at radius 1 is 1.15 bits per heavy atom. The van der Waals surface area contributed by atoms with E-state index in [9.17, 15) is 14.7 Å². The Kier molecular flexibility index (Phi) is 5.23. The summed E-state index contributed by atoms with van der Waals surface area (Å²) in [5.74, 6) is -0.0427. The number of aliphatic hydroxyl groups excluding tert-OH is 1. The van der Waals surface area contributed by atoms with Crippen molar-refractivity contribution in [3.05, 3.63) is 0 Å². The molecule has 1 heterocycles. The Labute approximate surface area is 119 Å². The van der Waals surface area contributed by atoms with Gasteiger partial charge in [0.15, 0.2) is 0 Å². The van der Waals surface area contributed by atoms with Gasteiger partial charge in [-0.15, -0.1) is 0 Å². The van der Waals surface area contributed by atoms with E-state index in [-0.39, 0.29) is 24.5 Å². The number of aliphatic carboxylic acids is 1. The number of carboxylic acids is 1. The Bertz CT molecular complexity index is 361. The van der Waals surface area contributed by atoms with Gasteiger partial charge in [0.05, 0.1) is 6.10 Å². The fourth-order valence-corrected chi connectivity index (χ4v) is 3.29. The maximum Gasteiger partial charge on any atom is 0.317 e. The first-order valence-electron chi connectivity index (χ1n) is 7.50. The van der Waals surface area contributed by atoms with E-state index >= 15 is 0 Å². The lowest BCUT2D eigenvalue weighted by Crippen LogP contribution is -2.39. The number of rotatable bonds is 6. The topological polar surface area (TPSA) is 89.9 Å². The maximum atomic E-state index is 12.0. The predicted molar refractivity (Wildman–Crippen MR) is 73.3 cm³/mol. The number of likely N-dealkylation sites (tertiary alicyclic amines) is 1. The highest BCUT2D eigenvalue weighted by atomic mass is 16.4. The number of nitrogens with zero attached hydrogens (tertiary/aromatic N) is 1. The number of amides is 2. The molecule has 0 radical (unpaired) electrons. The molecule has 0 spiro atoms. The quantitative estimate of drug-likeness (QED) is 0.636. The molecule has 0 aromatic rings. The molecule has 20 heavy (non-hydrogen) atoms. The highest BCUT2D eigenvalue weighted by molar-refractivity contribution is 5.74. The molecule has 6 heteroatoms. The van der Waals surface area contributed by atoms with Crippen molar-refractivity contribution in [1.29, 1.82) is 0 Å². The van der Waals surface area contributed by atoms with Crippen LogP contribution in [0.15, 0.2) is 0 Å². The summed E-state index contributed by atoms with van der Waals surface area (Å²) in [5.41, 5.74) is 0. The van der Waals surface area contributed by atoms with Crippen molar-refractivity contribution in [2.75, 3.05) is 19.6 Å². The molecule has 3 N–H and O–H groups in total. The normalized spacial score (nSPS) is 28.4. The number of urea groups is 1. The van der Waals surface area contributed by atoms with E-state index in [1.54, 1.807) is 4.90 Å². The van der Waals surface area contributed by atoms with Crippen molar-refractivity contribution >= 4 is 12.0 Å². The third-order valence-corrected chi connectivity index (χ3v) is 4.45. The van der Waals surface area contributed by atoms with Crippen LogP contribution in [-0.4, -0.2) is 52.9 Å². The van der Waals surface area contributed by atoms with Crippen LogP contribution in [0.4, 0.5) is 4.79 Å². The van der Waals surface area contributed by atoms with Gasteiger partial charge in [0.1, 0.15) is 0 Å². The number of fused-ring (bicyclic) bond motifs is 1. The Hall–Kier alpha value is -1.30. The number of hydrogen-bond acceptors (Lipinski definition) is 3. The molecule has 2 amide bonds. The van der Waals surface area contributed by atoms with Gasteiger partial charge in [-0.2, -0.15) is 0 Å². The van der Waals surface area contributed by atoms with Crippen LogP contribution >= 0.6 is 0 Å². The van der Waals surface area contributed by atoms with Crippen molar-refractivity contribution in [2.24, 2.45) is 11.8 Å². The van der Waals surface area contributed by atoms with Crippen LogP contribution in [0.2, 0.25) is 0 Å². The second-order valence-corrected chi connectivity index (χ2v) is 5.91. The summed E-state index contributed by atoms with van der Waals surface area (Å²) < 4.78 is 0. The first kappa shape index (κ1) is 15.1. The van der Waals surface area contributed by atoms with Crippen molar-refractivity contribution in [3.8, 4) is 0 Å². The van der Waals surface area contributed by atoms with Crippen LogP contribution in [0.25, 0.3) is 0 Å². The molecule has 0 bridgehead atoms. The lowest BCUT2D eigenvalue weighted by Gasteiger charge is -2.19.